The predicted octanol–water partition coefficient (Wildman–Crippen LogP) is 1.42. The van der Waals surface area contributed by atoms with Crippen LogP contribution < -0.4 is 10.6 Å². The number of ether oxygens (including phenoxy) is 1. The lowest BCUT2D eigenvalue weighted by Gasteiger charge is -2.07. The molecule has 0 radical (unpaired) electrons. The van der Waals surface area contributed by atoms with Crippen molar-refractivity contribution in [3.63, 3.8) is 0 Å². The Morgan fingerprint density at radius 3 is 2.94 bits per heavy atom. The summed E-state index contributed by atoms with van der Waals surface area (Å²) in [6, 6.07) is 2.56. The van der Waals surface area contributed by atoms with E-state index in [-0.39, 0.29) is 18.3 Å². The van der Waals surface area contributed by atoms with Gasteiger partial charge in [-0.3, -0.25) is 4.79 Å². The average Bonchev–Trinajstić information content (AvgIpc) is 2.27. The Kier molecular flexibility index (Phi) is 5.22. The molecule has 7 heteroatoms. The highest BCUT2D eigenvalue weighted by Crippen LogP contribution is 2.11. The van der Waals surface area contributed by atoms with Gasteiger partial charge in [-0.2, -0.15) is 0 Å². The molecule has 2 amide bonds. The molecule has 0 aliphatic rings. The number of hydrogen-bond acceptors (Lipinski definition) is 4. The number of aromatic nitrogens is 1. The summed E-state index contributed by atoms with van der Waals surface area (Å²) >= 11 is 5.64. The number of nitrogens with one attached hydrogen (secondary N) is 2. The average molecular weight is 258 g/mol. The highest BCUT2D eigenvalue weighted by Gasteiger charge is 2.06. The van der Waals surface area contributed by atoms with Gasteiger partial charge in [0.1, 0.15) is 11.7 Å². The molecule has 0 spiro atoms. The minimum Gasteiger partial charge on any atom is -0.465 e. The molecule has 0 fully saturated rings. The molecule has 0 aromatic carbocycles. The Labute approximate surface area is 103 Å². The number of esters is 1. The van der Waals surface area contributed by atoms with Gasteiger partial charge in [0.15, 0.2) is 0 Å². The van der Waals surface area contributed by atoms with Crippen LogP contribution in [0.2, 0.25) is 5.15 Å². The Hall–Kier alpha value is -1.82. The third kappa shape index (κ3) is 5.17. The second-order valence-electron chi connectivity index (χ2n) is 2.98. The van der Waals surface area contributed by atoms with Gasteiger partial charge in [0.2, 0.25) is 0 Å². The lowest BCUT2D eigenvalue weighted by atomic mass is 10.4. The van der Waals surface area contributed by atoms with Gasteiger partial charge in [-0.05, 0) is 19.1 Å². The number of pyridine rings is 1. The molecule has 0 bridgehead atoms. The maximum Gasteiger partial charge on any atom is 0.325 e. The number of anilines is 1. The summed E-state index contributed by atoms with van der Waals surface area (Å²) in [5.74, 6) is -0.490. The van der Waals surface area contributed by atoms with Crippen LogP contribution in [0.15, 0.2) is 18.3 Å². The van der Waals surface area contributed by atoms with Gasteiger partial charge in [0.05, 0.1) is 6.61 Å². The molecular formula is C10H12ClN3O3. The molecule has 2 N–H and O–H groups in total. The van der Waals surface area contributed by atoms with Gasteiger partial charge in [-0.15, -0.1) is 0 Å². The normalized spacial score (nSPS) is 9.53. The van der Waals surface area contributed by atoms with E-state index >= 15 is 0 Å². The Morgan fingerprint density at radius 1 is 1.53 bits per heavy atom. The SMILES string of the molecule is CCOC(=O)CNC(=O)Nc1ccnc(Cl)c1. The van der Waals surface area contributed by atoms with Crippen LogP contribution in [0.1, 0.15) is 6.92 Å². The van der Waals surface area contributed by atoms with E-state index in [1.54, 1.807) is 13.0 Å². The molecule has 0 saturated heterocycles. The van der Waals surface area contributed by atoms with Gasteiger partial charge >= 0.3 is 12.0 Å². The highest BCUT2D eigenvalue weighted by atomic mass is 35.5. The van der Waals surface area contributed by atoms with Gasteiger partial charge < -0.3 is 15.4 Å². The summed E-state index contributed by atoms with van der Waals surface area (Å²) in [7, 11) is 0. The van der Waals surface area contributed by atoms with E-state index in [0.717, 1.165) is 0 Å². The highest BCUT2D eigenvalue weighted by molar-refractivity contribution is 6.29. The first-order valence-corrected chi connectivity index (χ1v) is 5.31. The number of carbonyl (C=O) groups is 2. The van der Waals surface area contributed by atoms with Crippen LogP contribution in [0.3, 0.4) is 0 Å². The first kappa shape index (κ1) is 13.2. The topological polar surface area (TPSA) is 80.3 Å². The number of urea groups is 1. The smallest absolute Gasteiger partial charge is 0.325 e. The van der Waals surface area contributed by atoms with E-state index in [1.807, 2.05) is 0 Å². The summed E-state index contributed by atoms with van der Waals surface area (Å²) in [6.45, 7) is 1.79. The van der Waals surface area contributed by atoms with Crippen molar-refractivity contribution in [2.75, 3.05) is 18.5 Å². The van der Waals surface area contributed by atoms with Gasteiger partial charge in [0.25, 0.3) is 0 Å². The monoisotopic (exact) mass is 257 g/mol. The summed E-state index contributed by atoms with van der Waals surface area (Å²) in [4.78, 5) is 26.1. The molecule has 6 nitrogen and oxygen atoms in total. The molecule has 1 heterocycles. The minimum absolute atomic E-state index is 0.182. The number of nitrogens with zero attached hydrogens (tertiary/aromatic N) is 1. The summed E-state index contributed by atoms with van der Waals surface area (Å²) in [5, 5.41) is 5.12. The van der Waals surface area contributed by atoms with Crippen molar-refractivity contribution in [1.29, 1.82) is 0 Å². The van der Waals surface area contributed by atoms with Crippen LogP contribution in [0.5, 0.6) is 0 Å². The maximum absolute atomic E-state index is 11.3. The molecule has 1 rings (SSSR count). The third-order valence-electron chi connectivity index (χ3n) is 1.68. The number of hydrogen-bond donors (Lipinski definition) is 2. The van der Waals surface area contributed by atoms with E-state index in [4.69, 9.17) is 11.6 Å². The predicted molar refractivity (Wildman–Crippen MR) is 62.9 cm³/mol. The fourth-order valence-corrected chi connectivity index (χ4v) is 1.19. The molecule has 17 heavy (non-hydrogen) atoms. The molecule has 0 aliphatic heterocycles. The van der Waals surface area contributed by atoms with Crippen molar-refractivity contribution in [2.24, 2.45) is 0 Å². The zero-order chi connectivity index (χ0) is 12.7. The quantitative estimate of drug-likeness (QED) is 0.631. The molecule has 0 saturated carbocycles. The molecule has 0 atom stereocenters. The number of rotatable bonds is 4. The zero-order valence-electron chi connectivity index (χ0n) is 9.20. The maximum atomic E-state index is 11.3. The van der Waals surface area contributed by atoms with Crippen molar-refractivity contribution < 1.29 is 14.3 Å². The van der Waals surface area contributed by atoms with E-state index in [2.05, 4.69) is 20.4 Å². The van der Waals surface area contributed by atoms with Gasteiger partial charge in [0, 0.05) is 11.9 Å². The van der Waals surface area contributed by atoms with Crippen molar-refractivity contribution >= 4 is 29.3 Å². The first-order chi connectivity index (χ1) is 8.11. The van der Waals surface area contributed by atoms with Crippen molar-refractivity contribution in [3.05, 3.63) is 23.5 Å². The van der Waals surface area contributed by atoms with E-state index in [9.17, 15) is 9.59 Å². The van der Waals surface area contributed by atoms with E-state index in [1.165, 1.54) is 12.3 Å². The van der Waals surface area contributed by atoms with Crippen molar-refractivity contribution in [2.45, 2.75) is 6.92 Å². The van der Waals surface area contributed by atoms with Crippen LogP contribution in [-0.2, 0) is 9.53 Å². The summed E-state index contributed by atoms with van der Waals surface area (Å²) in [5.41, 5.74) is 0.492. The molecule has 0 unspecified atom stereocenters. The Morgan fingerprint density at radius 2 is 2.29 bits per heavy atom. The summed E-state index contributed by atoms with van der Waals surface area (Å²) < 4.78 is 4.65. The molecule has 0 aliphatic carbocycles. The van der Waals surface area contributed by atoms with Crippen molar-refractivity contribution in [3.8, 4) is 0 Å². The Balaban J connectivity index is 2.37. The summed E-state index contributed by atoms with van der Waals surface area (Å²) in [6.07, 6.45) is 1.46. The standard InChI is InChI=1S/C10H12ClN3O3/c1-2-17-9(15)6-13-10(16)14-7-3-4-12-8(11)5-7/h3-5H,2,6H2,1H3,(H2,12,13,14,16). The van der Waals surface area contributed by atoms with Crippen LogP contribution in [0.4, 0.5) is 10.5 Å². The second kappa shape index (κ2) is 6.70. The fraction of sp³-hybridized carbons (Fsp3) is 0.300. The van der Waals surface area contributed by atoms with Crippen LogP contribution in [0, 0.1) is 0 Å². The van der Waals surface area contributed by atoms with Crippen LogP contribution in [-0.4, -0.2) is 30.1 Å². The van der Waals surface area contributed by atoms with Crippen molar-refractivity contribution in [1.82, 2.24) is 10.3 Å². The molecule has 92 valence electrons. The minimum atomic E-state index is -0.514. The Bertz CT molecular complexity index is 412. The zero-order valence-corrected chi connectivity index (χ0v) is 9.95. The van der Waals surface area contributed by atoms with Crippen LogP contribution >= 0.6 is 11.6 Å². The number of carbonyl (C=O) groups excluding carboxylic acids is 2. The molecule has 1 aromatic heterocycles. The fourth-order valence-electron chi connectivity index (χ4n) is 1.02. The first-order valence-electron chi connectivity index (χ1n) is 4.94. The lowest BCUT2D eigenvalue weighted by molar-refractivity contribution is -0.141. The van der Waals surface area contributed by atoms with Gasteiger partial charge in [-0.1, -0.05) is 11.6 Å². The van der Waals surface area contributed by atoms with Gasteiger partial charge in [-0.25, -0.2) is 9.78 Å². The largest absolute Gasteiger partial charge is 0.465 e. The number of halogens is 1. The lowest BCUT2D eigenvalue weighted by Crippen LogP contribution is -2.34. The van der Waals surface area contributed by atoms with E-state index < -0.39 is 12.0 Å². The number of amides is 2. The second-order valence-corrected chi connectivity index (χ2v) is 3.37. The molecule has 1 aromatic rings. The molecular weight excluding hydrogens is 246 g/mol. The van der Waals surface area contributed by atoms with Crippen LogP contribution in [0.25, 0.3) is 0 Å². The van der Waals surface area contributed by atoms with E-state index in [0.29, 0.717) is 5.69 Å². The third-order valence-corrected chi connectivity index (χ3v) is 1.89.